The quantitative estimate of drug-likeness (QED) is 0.883. The zero-order valence-corrected chi connectivity index (χ0v) is 10.9. The summed E-state index contributed by atoms with van der Waals surface area (Å²) < 4.78 is 1.08. The molecule has 0 amide bonds. The molecule has 0 aliphatic rings. The zero-order chi connectivity index (χ0) is 11.3. The molecule has 0 fully saturated rings. The Morgan fingerprint density at radius 1 is 1.67 bits per heavy atom. The van der Waals surface area contributed by atoms with Crippen LogP contribution in [0.5, 0.6) is 0 Å². The Balaban J connectivity index is 2.66. The third-order valence-corrected chi connectivity index (χ3v) is 3.78. The average molecular weight is 289 g/mol. The molecule has 0 aromatic carbocycles. The van der Waals surface area contributed by atoms with E-state index in [4.69, 9.17) is 5.11 Å². The molecule has 0 bridgehead atoms. The Hall–Kier alpha value is -0.610. The van der Waals surface area contributed by atoms with Gasteiger partial charge in [0.25, 0.3) is 0 Å². The van der Waals surface area contributed by atoms with E-state index in [1.165, 1.54) is 10.5 Å². The fraction of sp³-hybridized carbons (Fsp3) is 0.364. The number of carboxylic acid groups (broad SMARTS) is 1. The Kier molecular flexibility index (Phi) is 5.05. The molecule has 82 valence electrons. The zero-order valence-electron chi connectivity index (χ0n) is 8.50. The van der Waals surface area contributed by atoms with Gasteiger partial charge in [0, 0.05) is 21.2 Å². The first kappa shape index (κ1) is 12.5. The minimum atomic E-state index is -0.742. The van der Waals surface area contributed by atoms with Crippen LogP contribution in [0.2, 0.25) is 0 Å². The first-order valence-electron chi connectivity index (χ1n) is 4.78. The van der Waals surface area contributed by atoms with E-state index in [9.17, 15) is 4.79 Å². The number of allylic oxidation sites excluding steroid dienone is 2. The van der Waals surface area contributed by atoms with Crippen LogP contribution < -0.4 is 0 Å². The van der Waals surface area contributed by atoms with Crippen molar-refractivity contribution in [2.45, 2.75) is 26.2 Å². The van der Waals surface area contributed by atoms with Crippen molar-refractivity contribution < 1.29 is 9.90 Å². The van der Waals surface area contributed by atoms with Gasteiger partial charge in [-0.1, -0.05) is 13.0 Å². The molecule has 1 aromatic rings. The van der Waals surface area contributed by atoms with E-state index in [1.54, 1.807) is 11.3 Å². The lowest BCUT2D eigenvalue weighted by atomic mass is 10.1. The van der Waals surface area contributed by atoms with Crippen LogP contribution in [0.25, 0.3) is 5.57 Å². The average Bonchev–Trinajstić information content (AvgIpc) is 2.59. The highest BCUT2D eigenvalue weighted by Gasteiger charge is 2.03. The molecule has 1 rings (SSSR count). The second kappa shape index (κ2) is 6.08. The molecule has 4 heteroatoms. The van der Waals surface area contributed by atoms with Crippen LogP contribution >= 0.6 is 27.3 Å². The van der Waals surface area contributed by atoms with E-state index in [1.807, 2.05) is 11.5 Å². The molecule has 0 radical (unpaired) electrons. The summed E-state index contributed by atoms with van der Waals surface area (Å²) in [5, 5.41) is 10.6. The van der Waals surface area contributed by atoms with Crippen LogP contribution in [-0.2, 0) is 4.79 Å². The number of hydrogen-bond donors (Lipinski definition) is 1. The number of halogens is 1. The van der Waals surface area contributed by atoms with Gasteiger partial charge in [-0.15, -0.1) is 11.3 Å². The van der Waals surface area contributed by atoms with Crippen molar-refractivity contribution in [2.75, 3.05) is 0 Å². The maximum atomic E-state index is 10.4. The topological polar surface area (TPSA) is 37.3 Å². The molecule has 0 atom stereocenters. The van der Waals surface area contributed by atoms with Crippen LogP contribution in [0.1, 0.15) is 31.1 Å². The van der Waals surface area contributed by atoms with Crippen molar-refractivity contribution in [1.82, 2.24) is 0 Å². The lowest BCUT2D eigenvalue weighted by Crippen LogP contribution is -1.92. The van der Waals surface area contributed by atoms with Gasteiger partial charge in [0.1, 0.15) is 0 Å². The molecular formula is C11H13BrO2S. The second-order valence-corrected chi connectivity index (χ2v) is 4.97. The SMILES string of the molecule is CC/C(=C\CCC(=O)O)c1cc(Br)cs1. The van der Waals surface area contributed by atoms with Crippen LogP contribution in [-0.4, -0.2) is 11.1 Å². The van der Waals surface area contributed by atoms with Crippen LogP contribution in [0.15, 0.2) is 22.0 Å². The maximum absolute atomic E-state index is 10.4. The molecule has 1 heterocycles. The molecule has 0 aliphatic carbocycles. The Morgan fingerprint density at radius 2 is 2.40 bits per heavy atom. The standard InChI is InChI=1S/C11H13BrO2S/c1-2-8(4-3-5-11(13)14)10-6-9(12)7-15-10/h4,6-7H,2-3,5H2,1H3,(H,13,14)/b8-4+. The Morgan fingerprint density at radius 3 is 2.87 bits per heavy atom. The lowest BCUT2D eigenvalue weighted by molar-refractivity contribution is -0.136. The summed E-state index contributed by atoms with van der Waals surface area (Å²) in [6, 6.07) is 2.07. The molecule has 0 unspecified atom stereocenters. The van der Waals surface area contributed by atoms with Gasteiger partial charge in [-0.25, -0.2) is 0 Å². The molecule has 2 nitrogen and oxygen atoms in total. The highest BCUT2D eigenvalue weighted by molar-refractivity contribution is 9.10. The maximum Gasteiger partial charge on any atom is 0.303 e. The van der Waals surface area contributed by atoms with Crippen molar-refractivity contribution >= 4 is 38.8 Å². The fourth-order valence-corrected chi connectivity index (χ4v) is 2.81. The van der Waals surface area contributed by atoms with Crippen molar-refractivity contribution in [3.05, 3.63) is 26.9 Å². The minimum absolute atomic E-state index is 0.204. The van der Waals surface area contributed by atoms with Crippen LogP contribution in [0.3, 0.4) is 0 Å². The molecule has 0 aliphatic heterocycles. The molecule has 0 saturated heterocycles. The summed E-state index contributed by atoms with van der Waals surface area (Å²) in [5.74, 6) is -0.742. The number of hydrogen-bond acceptors (Lipinski definition) is 2. The summed E-state index contributed by atoms with van der Waals surface area (Å²) in [4.78, 5) is 11.6. The Labute approximate surface area is 102 Å². The summed E-state index contributed by atoms with van der Waals surface area (Å²) >= 11 is 5.09. The number of thiophene rings is 1. The lowest BCUT2D eigenvalue weighted by Gasteiger charge is -2.00. The van der Waals surface area contributed by atoms with E-state index < -0.39 is 5.97 Å². The van der Waals surface area contributed by atoms with Gasteiger partial charge < -0.3 is 5.11 Å². The first-order chi connectivity index (χ1) is 7.13. The number of carbonyl (C=O) groups is 1. The minimum Gasteiger partial charge on any atom is -0.481 e. The molecular weight excluding hydrogens is 276 g/mol. The molecule has 15 heavy (non-hydrogen) atoms. The van der Waals surface area contributed by atoms with Crippen molar-refractivity contribution in [3.8, 4) is 0 Å². The van der Waals surface area contributed by atoms with Gasteiger partial charge in [0.15, 0.2) is 0 Å². The monoisotopic (exact) mass is 288 g/mol. The number of carboxylic acids is 1. The van der Waals surface area contributed by atoms with Gasteiger partial charge in [-0.3, -0.25) is 4.79 Å². The van der Waals surface area contributed by atoms with Crippen molar-refractivity contribution in [1.29, 1.82) is 0 Å². The molecule has 0 spiro atoms. The van der Waals surface area contributed by atoms with E-state index in [-0.39, 0.29) is 6.42 Å². The fourth-order valence-electron chi connectivity index (χ4n) is 1.27. The van der Waals surface area contributed by atoms with Crippen molar-refractivity contribution in [2.24, 2.45) is 0 Å². The first-order valence-corrected chi connectivity index (χ1v) is 6.46. The van der Waals surface area contributed by atoms with Gasteiger partial charge >= 0.3 is 5.97 Å². The van der Waals surface area contributed by atoms with Crippen molar-refractivity contribution in [3.63, 3.8) is 0 Å². The van der Waals surface area contributed by atoms with E-state index in [0.29, 0.717) is 6.42 Å². The highest BCUT2D eigenvalue weighted by atomic mass is 79.9. The van der Waals surface area contributed by atoms with E-state index in [0.717, 1.165) is 10.9 Å². The highest BCUT2D eigenvalue weighted by Crippen LogP contribution is 2.28. The Bertz CT molecular complexity index is 368. The normalized spacial score (nSPS) is 11.7. The van der Waals surface area contributed by atoms with Gasteiger partial charge in [-0.2, -0.15) is 0 Å². The third kappa shape index (κ3) is 4.18. The van der Waals surface area contributed by atoms with E-state index in [2.05, 4.69) is 28.9 Å². The van der Waals surface area contributed by atoms with Crippen LogP contribution in [0.4, 0.5) is 0 Å². The van der Waals surface area contributed by atoms with Gasteiger partial charge in [0.05, 0.1) is 0 Å². The molecule has 1 N–H and O–H groups in total. The molecule has 0 saturated carbocycles. The number of rotatable bonds is 5. The van der Waals surface area contributed by atoms with Gasteiger partial charge in [0.2, 0.25) is 0 Å². The second-order valence-electron chi connectivity index (χ2n) is 3.14. The summed E-state index contributed by atoms with van der Waals surface area (Å²) in [6.45, 7) is 2.08. The number of aliphatic carboxylic acids is 1. The van der Waals surface area contributed by atoms with Crippen LogP contribution in [0, 0.1) is 0 Å². The van der Waals surface area contributed by atoms with E-state index >= 15 is 0 Å². The smallest absolute Gasteiger partial charge is 0.303 e. The third-order valence-electron chi connectivity index (χ3n) is 2.01. The largest absolute Gasteiger partial charge is 0.481 e. The summed E-state index contributed by atoms with van der Waals surface area (Å²) in [7, 11) is 0. The van der Waals surface area contributed by atoms with Gasteiger partial charge in [-0.05, 0) is 40.4 Å². The predicted molar refractivity (Wildman–Crippen MR) is 67.2 cm³/mol. The predicted octanol–water partition coefficient (Wildman–Crippen LogP) is 4.17. The molecule has 1 aromatic heterocycles. The summed E-state index contributed by atoms with van der Waals surface area (Å²) in [5.41, 5.74) is 1.23. The summed E-state index contributed by atoms with van der Waals surface area (Å²) in [6.07, 6.45) is 3.77.